The van der Waals surface area contributed by atoms with Crippen molar-refractivity contribution in [2.24, 2.45) is 0 Å². The minimum Gasteiger partial charge on any atom is -0.479 e. The summed E-state index contributed by atoms with van der Waals surface area (Å²) < 4.78 is 5.60. The molecule has 0 saturated heterocycles. The van der Waals surface area contributed by atoms with Gasteiger partial charge in [-0.1, -0.05) is 29.8 Å². The lowest BCUT2D eigenvalue weighted by molar-refractivity contribution is -0.127. The molecular weight excluding hydrogens is 316 g/mol. The van der Waals surface area contributed by atoms with Gasteiger partial charge in [-0.15, -0.1) is 0 Å². The van der Waals surface area contributed by atoms with Crippen molar-refractivity contribution in [3.63, 3.8) is 0 Å². The first-order valence-electron chi connectivity index (χ1n) is 8.31. The smallest absolute Gasteiger partial charge is 0.268 e. The third-order valence-corrected chi connectivity index (χ3v) is 4.32. The number of nitrogens with one attached hydrogen (secondary N) is 1. The van der Waals surface area contributed by atoms with Crippen molar-refractivity contribution in [3.05, 3.63) is 53.1 Å². The summed E-state index contributed by atoms with van der Waals surface area (Å²) in [5, 5.41) is 2.95. The first-order valence-corrected chi connectivity index (χ1v) is 8.31. The molecule has 2 aromatic carbocycles. The van der Waals surface area contributed by atoms with E-state index in [2.05, 4.69) is 5.32 Å². The van der Waals surface area contributed by atoms with Crippen LogP contribution < -0.4 is 15.0 Å². The predicted octanol–water partition coefficient (Wildman–Crippen LogP) is 3.36. The lowest BCUT2D eigenvalue weighted by Crippen LogP contribution is -2.47. The Morgan fingerprint density at radius 1 is 1.16 bits per heavy atom. The van der Waals surface area contributed by atoms with Crippen LogP contribution >= 0.6 is 0 Å². The molecule has 25 heavy (non-hydrogen) atoms. The summed E-state index contributed by atoms with van der Waals surface area (Å²) in [4.78, 5) is 26.5. The number of hydrogen-bond acceptors (Lipinski definition) is 3. The first kappa shape index (κ1) is 17.0. The van der Waals surface area contributed by atoms with Gasteiger partial charge in [0.25, 0.3) is 5.91 Å². The highest BCUT2D eigenvalue weighted by atomic mass is 16.5. The number of rotatable bonds is 3. The van der Waals surface area contributed by atoms with Crippen LogP contribution in [-0.2, 0) is 9.59 Å². The van der Waals surface area contributed by atoms with Crippen LogP contribution in [0.5, 0.6) is 5.75 Å². The van der Waals surface area contributed by atoms with E-state index in [4.69, 9.17) is 4.74 Å². The van der Waals surface area contributed by atoms with E-state index in [1.807, 2.05) is 45.0 Å². The van der Waals surface area contributed by atoms with E-state index in [-0.39, 0.29) is 18.4 Å². The second-order valence-electron chi connectivity index (χ2n) is 6.47. The van der Waals surface area contributed by atoms with E-state index in [0.29, 0.717) is 11.4 Å². The number of fused-ring (bicyclic) bond motifs is 1. The quantitative estimate of drug-likeness (QED) is 0.933. The second-order valence-corrected chi connectivity index (χ2v) is 6.47. The van der Waals surface area contributed by atoms with Crippen molar-refractivity contribution in [2.75, 3.05) is 16.8 Å². The minimum absolute atomic E-state index is 0.0453. The van der Waals surface area contributed by atoms with Crippen LogP contribution in [0, 0.1) is 20.8 Å². The Morgan fingerprint density at radius 3 is 2.48 bits per heavy atom. The van der Waals surface area contributed by atoms with Gasteiger partial charge in [0.15, 0.2) is 6.10 Å². The highest BCUT2D eigenvalue weighted by Crippen LogP contribution is 2.33. The molecular formula is C20H22N2O3. The number of ether oxygens (including phenoxy) is 1. The van der Waals surface area contributed by atoms with Gasteiger partial charge in [0.05, 0.1) is 5.69 Å². The topological polar surface area (TPSA) is 58.6 Å². The number of nitrogens with zero attached hydrogens (tertiary/aromatic N) is 1. The van der Waals surface area contributed by atoms with Crippen LogP contribution in [0.15, 0.2) is 36.4 Å². The molecule has 0 spiro atoms. The molecule has 2 amide bonds. The van der Waals surface area contributed by atoms with Crippen molar-refractivity contribution >= 4 is 23.2 Å². The highest BCUT2D eigenvalue weighted by molar-refractivity contribution is 6.06. The maximum atomic E-state index is 12.6. The molecule has 0 saturated carbocycles. The Labute approximate surface area is 147 Å². The summed E-state index contributed by atoms with van der Waals surface area (Å²) in [6.45, 7) is 7.60. The third-order valence-electron chi connectivity index (χ3n) is 4.32. The Morgan fingerprint density at radius 2 is 1.80 bits per heavy atom. The van der Waals surface area contributed by atoms with Crippen LogP contribution in [-0.4, -0.2) is 24.5 Å². The van der Waals surface area contributed by atoms with E-state index in [1.165, 1.54) is 4.90 Å². The molecule has 1 atom stereocenters. The average molecular weight is 338 g/mol. The van der Waals surface area contributed by atoms with Crippen LogP contribution in [0.4, 0.5) is 11.4 Å². The molecule has 2 aromatic rings. The molecule has 0 radical (unpaired) electrons. The molecule has 1 aliphatic rings. The maximum Gasteiger partial charge on any atom is 0.268 e. The molecule has 0 bridgehead atoms. The molecule has 1 heterocycles. The minimum atomic E-state index is -0.606. The normalized spacial score (nSPS) is 16.2. The summed E-state index contributed by atoms with van der Waals surface area (Å²) in [6, 6.07) is 11.3. The van der Waals surface area contributed by atoms with Gasteiger partial charge in [0.2, 0.25) is 5.91 Å². The molecule has 0 fully saturated rings. The summed E-state index contributed by atoms with van der Waals surface area (Å²) in [5.41, 5.74) is 4.59. The van der Waals surface area contributed by atoms with Gasteiger partial charge in [-0.3, -0.25) is 14.5 Å². The van der Waals surface area contributed by atoms with Crippen LogP contribution in [0.3, 0.4) is 0 Å². The summed E-state index contributed by atoms with van der Waals surface area (Å²) in [7, 11) is 0. The summed E-state index contributed by atoms with van der Waals surface area (Å²) in [6.07, 6.45) is -0.606. The third kappa shape index (κ3) is 3.36. The second kappa shape index (κ2) is 6.59. The number of anilines is 2. The Hall–Kier alpha value is -2.82. The van der Waals surface area contributed by atoms with E-state index >= 15 is 0 Å². The van der Waals surface area contributed by atoms with Gasteiger partial charge < -0.3 is 10.1 Å². The first-order chi connectivity index (χ1) is 11.9. The van der Waals surface area contributed by atoms with Crippen LogP contribution in [0.2, 0.25) is 0 Å². The fraction of sp³-hybridized carbons (Fsp3) is 0.300. The lowest BCUT2D eigenvalue weighted by Gasteiger charge is -2.32. The number of amides is 2. The van der Waals surface area contributed by atoms with Gasteiger partial charge in [0, 0.05) is 5.69 Å². The molecule has 0 aromatic heterocycles. The van der Waals surface area contributed by atoms with E-state index in [0.717, 1.165) is 22.4 Å². The van der Waals surface area contributed by atoms with Gasteiger partial charge in [-0.25, -0.2) is 0 Å². The molecule has 3 rings (SSSR count). The van der Waals surface area contributed by atoms with Crippen molar-refractivity contribution in [1.29, 1.82) is 0 Å². The Bertz CT molecular complexity index is 822. The fourth-order valence-corrected chi connectivity index (χ4v) is 3.22. The van der Waals surface area contributed by atoms with Crippen molar-refractivity contribution in [1.82, 2.24) is 0 Å². The molecule has 5 nitrogen and oxygen atoms in total. The highest BCUT2D eigenvalue weighted by Gasteiger charge is 2.32. The molecule has 1 N–H and O–H groups in total. The van der Waals surface area contributed by atoms with Crippen LogP contribution in [0.1, 0.15) is 23.6 Å². The lowest BCUT2D eigenvalue weighted by atomic mass is 10.1. The number of aryl methyl sites for hydroxylation is 3. The number of carbonyl (C=O) groups is 2. The molecule has 0 aliphatic carbocycles. The molecule has 5 heteroatoms. The van der Waals surface area contributed by atoms with Crippen molar-refractivity contribution in [2.45, 2.75) is 33.8 Å². The van der Waals surface area contributed by atoms with Crippen molar-refractivity contribution < 1.29 is 14.3 Å². The standard InChI is InChI=1S/C20H22N2O3/c1-12-9-13(2)19(14(3)10-12)21-18(23)11-22-16-7-5-6-8-17(16)25-15(4)20(22)24/h5-10,15H,11H2,1-4H3,(H,21,23). The number of benzene rings is 2. The van der Waals surface area contributed by atoms with Gasteiger partial charge in [-0.2, -0.15) is 0 Å². The summed E-state index contributed by atoms with van der Waals surface area (Å²) in [5.74, 6) is 0.170. The van der Waals surface area contributed by atoms with Gasteiger partial charge >= 0.3 is 0 Å². The van der Waals surface area contributed by atoms with Gasteiger partial charge in [0.1, 0.15) is 12.3 Å². The number of hydrogen-bond donors (Lipinski definition) is 1. The van der Waals surface area contributed by atoms with E-state index in [1.54, 1.807) is 19.1 Å². The predicted molar refractivity (Wildman–Crippen MR) is 98.2 cm³/mol. The Kier molecular flexibility index (Phi) is 4.49. The molecule has 130 valence electrons. The average Bonchev–Trinajstić information content (AvgIpc) is 2.55. The largest absolute Gasteiger partial charge is 0.479 e. The Balaban J connectivity index is 1.83. The fourth-order valence-electron chi connectivity index (χ4n) is 3.22. The van der Waals surface area contributed by atoms with Crippen molar-refractivity contribution in [3.8, 4) is 5.75 Å². The zero-order valence-corrected chi connectivity index (χ0v) is 14.9. The monoisotopic (exact) mass is 338 g/mol. The number of para-hydroxylation sites is 2. The maximum absolute atomic E-state index is 12.6. The zero-order valence-electron chi connectivity index (χ0n) is 14.9. The summed E-state index contributed by atoms with van der Waals surface area (Å²) >= 11 is 0. The van der Waals surface area contributed by atoms with Crippen LogP contribution in [0.25, 0.3) is 0 Å². The SMILES string of the molecule is Cc1cc(C)c(NC(=O)CN2C(=O)C(C)Oc3ccccc32)c(C)c1. The number of carbonyl (C=O) groups excluding carboxylic acids is 2. The van der Waals surface area contributed by atoms with Gasteiger partial charge in [-0.05, 0) is 51.0 Å². The molecule has 1 unspecified atom stereocenters. The van der Waals surface area contributed by atoms with E-state index in [9.17, 15) is 9.59 Å². The van der Waals surface area contributed by atoms with E-state index < -0.39 is 6.10 Å². The molecule has 1 aliphatic heterocycles. The zero-order chi connectivity index (χ0) is 18.1.